The van der Waals surface area contributed by atoms with E-state index in [9.17, 15) is 18.0 Å². The lowest BCUT2D eigenvalue weighted by molar-refractivity contribution is -0.194. The average Bonchev–Trinajstić information content (AvgIpc) is 3.52. The van der Waals surface area contributed by atoms with Crippen molar-refractivity contribution in [2.75, 3.05) is 44.2 Å². The van der Waals surface area contributed by atoms with Gasteiger partial charge in [-0.1, -0.05) is 39.3 Å². The third kappa shape index (κ3) is 6.89. The van der Waals surface area contributed by atoms with E-state index in [1.54, 1.807) is 5.57 Å². The van der Waals surface area contributed by atoms with Gasteiger partial charge < -0.3 is 19.7 Å². The first kappa shape index (κ1) is 41.0. The molecule has 0 aromatic rings. The topological polar surface area (TPSA) is 102 Å². The molecule has 314 valence electrons. The lowest BCUT2D eigenvalue weighted by Gasteiger charge is -2.67. The molecule has 0 aromatic heterocycles. The van der Waals surface area contributed by atoms with Gasteiger partial charge in [-0.15, -0.1) is 0 Å². The maximum absolute atomic E-state index is 13.3. The second-order valence-corrected chi connectivity index (χ2v) is 24.0. The number of nitrogens with zero attached hydrogens (tertiary/aromatic N) is 1. The lowest BCUT2D eigenvalue weighted by atomic mass is 9.37. The number of fused-ring (bicyclic) bond motifs is 7. The fourth-order valence-electron chi connectivity index (χ4n) is 15.4. The molecule has 1 N–H and O–H groups in total. The highest BCUT2D eigenvalue weighted by molar-refractivity contribution is 7.91. The van der Waals surface area contributed by atoms with E-state index in [0.29, 0.717) is 65.5 Å². The highest BCUT2D eigenvalue weighted by atomic mass is 32.2. The van der Waals surface area contributed by atoms with Crippen molar-refractivity contribution in [2.45, 2.75) is 151 Å². The molecule has 8 aliphatic rings. The van der Waals surface area contributed by atoms with Crippen LogP contribution in [0.5, 0.6) is 0 Å². The molecule has 0 bridgehead atoms. The standard InChI is InChI=1S/C47H74N2O6S/c1-31(2)54-41(50)47(42(51)55-32(3)4)28-45(29-47)26-34(27-45)35-13-17-43(6)37(33(35)5)14-18-44(7)38-15-19-46(16-8-10-39(46)36(38)11-12-40(43)44)30-48-20-9-21-49-22-24-56(52,53)25-23-49/h13,26,31-33,36-40,48H,8-12,14-25,27-30H2,1-7H3/t33?,36?,37?,38?,39-,40?,43?,44?,46?/m1/s1. The van der Waals surface area contributed by atoms with E-state index in [4.69, 9.17) is 9.47 Å². The minimum Gasteiger partial charge on any atom is -0.462 e. The first-order valence-electron chi connectivity index (χ1n) is 22.9. The lowest BCUT2D eigenvalue weighted by Crippen LogP contribution is -2.61. The van der Waals surface area contributed by atoms with Crippen LogP contribution in [0.1, 0.15) is 138 Å². The number of sulfone groups is 1. The van der Waals surface area contributed by atoms with Crippen molar-refractivity contribution in [2.24, 2.45) is 62.6 Å². The highest BCUT2D eigenvalue weighted by Crippen LogP contribution is 2.73. The second-order valence-electron chi connectivity index (χ2n) is 21.7. The molecule has 0 aromatic carbocycles. The molecule has 56 heavy (non-hydrogen) atoms. The predicted octanol–water partition coefficient (Wildman–Crippen LogP) is 8.31. The van der Waals surface area contributed by atoms with Gasteiger partial charge in [0.25, 0.3) is 0 Å². The maximum atomic E-state index is 13.3. The quantitative estimate of drug-likeness (QED) is 0.127. The van der Waals surface area contributed by atoms with E-state index in [1.165, 1.54) is 76.3 Å². The molecule has 8 nitrogen and oxygen atoms in total. The number of rotatable bonds is 11. The average molecular weight is 795 g/mol. The number of hydrogen-bond donors (Lipinski definition) is 1. The van der Waals surface area contributed by atoms with Crippen molar-refractivity contribution in [3.8, 4) is 0 Å². The summed E-state index contributed by atoms with van der Waals surface area (Å²) < 4.78 is 34.9. The number of ether oxygens (including phenoxy) is 2. The van der Waals surface area contributed by atoms with E-state index < -0.39 is 27.2 Å². The van der Waals surface area contributed by atoms with Gasteiger partial charge in [0.2, 0.25) is 0 Å². The van der Waals surface area contributed by atoms with Crippen LogP contribution < -0.4 is 5.32 Å². The molecular formula is C47H74N2O6S. The van der Waals surface area contributed by atoms with Crippen LogP contribution in [-0.2, 0) is 28.9 Å². The monoisotopic (exact) mass is 795 g/mol. The van der Waals surface area contributed by atoms with Crippen molar-refractivity contribution in [1.82, 2.24) is 10.2 Å². The summed E-state index contributed by atoms with van der Waals surface area (Å²) in [6.07, 6.45) is 21.3. The fourth-order valence-corrected chi connectivity index (χ4v) is 16.7. The van der Waals surface area contributed by atoms with Gasteiger partial charge in [-0.05, 0) is 193 Å². The summed E-state index contributed by atoms with van der Waals surface area (Å²) in [6, 6.07) is 0. The zero-order valence-electron chi connectivity index (χ0n) is 35.9. The Morgan fingerprint density at radius 2 is 1.54 bits per heavy atom. The summed E-state index contributed by atoms with van der Waals surface area (Å²) in [5.74, 6) is 4.42. The summed E-state index contributed by atoms with van der Waals surface area (Å²) >= 11 is 0. The molecular weight excluding hydrogens is 721 g/mol. The molecule has 1 spiro atoms. The van der Waals surface area contributed by atoms with E-state index in [0.717, 1.165) is 49.6 Å². The van der Waals surface area contributed by atoms with Gasteiger partial charge in [-0.3, -0.25) is 9.59 Å². The Bertz CT molecular complexity index is 1670. The Morgan fingerprint density at radius 3 is 2.20 bits per heavy atom. The highest BCUT2D eigenvalue weighted by Gasteiger charge is 2.68. The van der Waals surface area contributed by atoms with Crippen LogP contribution in [0.15, 0.2) is 23.3 Å². The molecule has 1 heterocycles. The number of carbonyl (C=O) groups excluding carboxylic acids is 2. The molecule has 0 radical (unpaired) electrons. The predicted molar refractivity (Wildman–Crippen MR) is 221 cm³/mol. The van der Waals surface area contributed by atoms with Gasteiger partial charge in [-0.2, -0.15) is 0 Å². The van der Waals surface area contributed by atoms with Crippen molar-refractivity contribution < 1.29 is 27.5 Å². The molecule has 6 fully saturated rings. The molecule has 7 aliphatic carbocycles. The molecule has 8 unspecified atom stereocenters. The number of carbonyl (C=O) groups is 2. The minimum absolute atomic E-state index is 0.0987. The third-order valence-corrected chi connectivity index (χ3v) is 19.4. The number of allylic oxidation sites excluding steroid dienone is 4. The molecule has 1 aliphatic heterocycles. The largest absolute Gasteiger partial charge is 0.462 e. The van der Waals surface area contributed by atoms with Gasteiger partial charge in [0, 0.05) is 19.6 Å². The maximum Gasteiger partial charge on any atom is 0.323 e. The number of hydrogen-bond acceptors (Lipinski definition) is 8. The first-order chi connectivity index (χ1) is 26.4. The van der Waals surface area contributed by atoms with Crippen LogP contribution >= 0.6 is 0 Å². The summed E-state index contributed by atoms with van der Waals surface area (Å²) in [4.78, 5) is 28.9. The molecule has 9 heteroatoms. The van der Waals surface area contributed by atoms with Gasteiger partial charge >= 0.3 is 11.9 Å². The normalized spacial score (nSPS) is 40.6. The Morgan fingerprint density at radius 1 is 0.875 bits per heavy atom. The van der Waals surface area contributed by atoms with Crippen molar-refractivity contribution >= 4 is 21.8 Å². The third-order valence-electron chi connectivity index (χ3n) is 17.8. The molecule has 8 rings (SSSR count). The van der Waals surface area contributed by atoms with Crippen LogP contribution in [0, 0.1) is 62.6 Å². The zero-order valence-corrected chi connectivity index (χ0v) is 36.7. The molecule has 9 atom stereocenters. The first-order valence-corrected chi connectivity index (χ1v) is 24.7. The SMILES string of the molecule is CC(C)OC(=O)C1(C(=O)OC(C)C)CC2(C=C(C3=CCC4(C)C(CCC5(C)C6CCC7(CNCCCN8CCS(=O)(=O)CC8)CCC[C@@H]7C6CCC45)C3C)C2)C1. The Hall–Kier alpha value is -1.71. The van der Waals surface area contributed by atoms with E-state index >= 15 is 0 Å². The Kier molecular flexibility index (Phi) is 10.8. The van der Waals surface area contributed by atoms with Gasteiger partial charge in [-0.25, -0.2) is 8.42 Å². The van der Waals surface area contributed by atoms with Crippen molar-refractivity contribution in [3.05, 3.63) is 23.3 Å². The summed E-state index contributed by atoms with van der Waals surface area (Å²) in [7, 11) is -2.81. The number of nitrogens with one attached hydrogen (secondary N) is 1. The van der Waals surface area contributed by atoms with Crippen molar-refractivity contribution in [1.29, 1.82) is 0 Å². The smallest absolute Gasteiger partial charge is 0.323 e. The van der Waals surface area contributed by atoms with E-state index in [2.05, 4.69) is 43.1 Å². The van der Waals surface area contributed by atoms with Crippen LogP contribution in [0.3, 0.4) is 0 Å². The molecule has 0 amide bonds. The van der Waals surface area contributed by atoms with Crippen molar-refractivity contribution in [3.63, 3.8) is 0 Å². The van der Waals surface area contributed by atoms with E-state index in [-0.39, 0.29) is 17.6 Å². The second kappa shape index (κ2) is 14.8. The number of esters is 2. The van der Waals surface area contributed by atoms with Gasteiger partial charge in [0.05, 0.1) is 23.7 Å². The van der Waals surface area contributed by atoms with E-state index in [1.807, 2.05) is 27.7 Å². The Labute approximate surface area is 339 Å². The molecule has 1 saturated heterocycles. The van der Waals surface area contributed by atoms with Gasteiger partial charge in [0.1, 0.15) is 0 Å². The zero-order chi connectivity index (χ0) is 39.9. The fraction of sp³-hybridized carbons (Fsp3) is 0.872. The van der Waals surface area contributed by atoms with Gasteiger partial charge in [0.15, 0.2) is 15.3 Å². The summed E-state index contributed by atoms with van der Waals surface area (Å²) in [5, 5.41) is 3.95. The summed E-state index contributed by atoms with van der Waals surface area (Å²) in [6.45, 7) is 19.9. The van der Waals surface area contributed by atoms with Crippen LogP contribution in [0.2, 0.25) is 0 Å². The van der Waals surface area contributed by atoms with Crippen LogP contribution in [0.25, 0.3) is 0 Å². The summed E-state index contributed by atoms with van der Waals surface area (Å²) in [5.41, 5.74) is 2.96. The Balaban J connectivity index is 0.900. The minimum atomic E-state index is -2.81. The molecule has 5 saturated carbocycles. The van der Waals surface area contributed by atoms with Crippen LogP contribution in [0.4, 0.5) is 0 Å². The van der Waals surface area contributed by atoms with Crippen LogP contribution in [-0.4, -0.2) is 81.7 Å².